The third-order valence-corrected chi connectivity index (χ3v) is 5.49. The predicted octanol–water partition coefficient (Wildman–Crippen LogP) is 0.713. The molecule has 0 spiro atoms. The van der Waals surface area contributed by atoms with Gasteiger partial charge in [-0.05, 0) is 25.7 Å². The highest BCUT2D eigenvalue weighted by Crippen LogP contribution is 2.38. The van der Waals surface area contributed by atoms with Gasteiger partial charge in [-0.3, -0.25) is 4.79 Å². The average Bonchev–Trinajstić information content (AvgIpc) is 2.96. The molecule has 2 aliphatic rings. The molecule has 0 amide bonds. The fraction of sp³-hybridized carbons (Fsp3) is 0.900. The van der Waals surface area contributed by atoms with Crippen LogP contribution in [0.4, 0.5) is 0 Å². The first-order valence-electron chi connectivity index (χ1n) is 5.68. The Kier molecular flexibility index (Phi) is 2.96. The van der Waals surface area contributed by atoms with Gasteiger partial charge in [0.05, 0.1) is 10.7 Å². The van der Waals surface area contributed by atoms with Crippen molar-refractivity contribution in [3.63, 3.8) is 0 Å². The lowest BCUT2D eigenvalue weighted by molar-refractivity contribution is -0.148. The lowest BCUT2D eigenvalue weighted by atomic mass is 9.87. The van der Waals surface area contributed by atoms with Crippen molar-refractivity contribution in [3.8, 4) is 0 Å². The standard InChI is InChI=1S/C10H17NO4S/c12-9(13)10(5-1-2-6-10)7-11-16(14,15)8-3-4-8/h8,11H,1-7H2,(H,12,13). The molecule has 16 heavy (non-hydrogen) atoms. The van der Waals surface area contributed by atoms with Crippen molar-refractivity contribution in [1.29, 1.82) is 0 Å². The molecule has 0 heterocycles. The smallest absolute Gasteiger partial charge is 0.310 e. The maximum atomic E-state index is 11.6. The number of carboxylic acids is 1. The third-order valence-electron chi connectivity index (χ3n) is 3.59. The lowest BCUT2D eigenvalue weighted by Crippen LogP contribution is -2.42. The number of carbonyl (C=O) groups is 1. The molecule has 0 saturated heterocycles. The van der Waals surface area contributed by atoms with E-state index in [2.05, 4.69) is 4.72 Å². The number of hydrogen-bond donors (Lipinski definition) is 2. The zero-order chi connectivity index (χ0) is 11.8. The minimum absolute atomic E-state index is 0.0567. The largest absolute Gasteiger partial charge is 0.481 e. The van der Waals surface area contributed by atoms with Crippen LogP contribution in [0, 0.1) is 5.41 Å². The molecule has 2 aliphatic carbocycles. The fourth-order valence-electron chi connectivity index (χ4n) is 2.25. The second-order valence-electron chi connectivity index (χ2n) is 4.86. The summed E-state index contributed by atoms with van der Waals surface area (Å²) in [6, 6.07) is 0. The topological polar surface area (TPSA) is 83.5 Å². The monoisotopic (exact) mass is 247 g/mol. The lowest BCUT2D eigenvalue weighted by Gasteiger charge is -2.23. The van der Waals surface area contributed by atoms with Gasteiger partial charge in [0.25, 0.3) is 0 Å². The van der Waals surface area contributed by atoms with E-state index in [4.69, 9.17) is 0 Å². The van der Waals surface area contributed by atoms with Crippen molar-refractivity contribution >= 4 is 16.0 Å². The fourth-order valence-corrected chi connectivity index (χ4v) is 3.72. The molecule has 2 fully saturated rings. The van der Waals surface area contributed by atoms with Gasteiger partial charge < -0.3 is 5.11 Å². The molecule has 0 radical (unpaired) electrons. The van der Waals surface area contributed by atoms with Gasteiger partial charge in [-0.1, -0.05) is 12.8 Å². The minimum Gasteiger partial charge on any atom is -0.481 e. The van der Waals surface area contributed by atoms with Gasteiger partial charge in [0, 0.05) is 6.54 Å². The Labute approximate surface area is 95.3 Å². The van der Waals surface area contributed by atoms with Gasteiger partial charge in [0.15, 0.2) is 0 Å². The number of rotatable bonds is 5. The molecule has 6 heteroatoms. The Morgan fingerprint density at radius 1 is 1.31 bits per heavy atom. The second-order valence-corrected chi connectivity index (χ2v) is 6.90. The van der Waals surface area contributed by atoms with Crippen LogP contribution in [0.25, 0.3) is 0 Å². The SMILES string of the molecule is O=C(O)C1(CNS(=O)(=O)C2CC2)CCCC1. The molecule has 92 valence electrons. The molecule has 2 saturated carbocycles. The van der Waals surface area contributed by atoms with Gasteiger partial charge in [-0.2, -0.15) is 0 Å². The van der Waals surface area contributed by atoms with Crippen LogP contribution < -0.4 is 4.72 Å². The quantitative estimate of drug-likeness (QED) is 0.749. The summed E-state index contributed by atoms with van der Waals surface area (Å²) in [5.41, 5.74) is -0.859. The van der Waals surface area contributed by atoms with Crippen LogP contribution in [-0.2, 0) is 14.8 Å². The van der Waals surface area contributed by atoms with Crippen LogP contribution >= 0.6 is 0 Å². The molecule has 5 nitrogen and oxygen atoms in total. The minimum atomic E-state index is -3.26. The maximum absolute atomic E-state index is 11.6. The van der Waals surface area contributed by atoms with Crippen molar-refractivity contribution in [2.75, 3.05) is 6.54 Å². The molecule has 0 atom stereocenters. The zero-order valence-electron chi connectivity index (χ0n) is 9.11. The molecule has 0 bridgehead atoms. The van der Waals surface area contributed by atoms with E-state index in [1.54, 1.807) is 0 Å². The Hall–Kier alpha value is -0.620. The molecule has 0 unspecified atom stereocenters. The van der Waals surface area contributed by atoms with Crippen LogP contribution in [0.2, 0.25) is 0 Å². The number of sulfonamides is 1. The molecule has 2 rings (SSSR count). The molecule has 0 aliphatic heterocycles. The highest BCUT2D eigenvalue weighted by atomic mass is 32.2. The van der Waals surface area contributed by atoms with E-state index in [0.29, 0.717) is 25.7 Å². The van der Waals surface area contributed by atoms with Gasteiger partial charge >= 0.3 is 5.97 Å². The van der Waals surface area contributed by atoms with E-state index in [1.807, 2.05) is 0 Å². The number of nitrogens with one attached hydrogen (secondary N) is 1. The van der Waals surface area contributed by atoms with Crippen molar-refractivity contribution in [2.24, 2.45) is 5.41 Å². The highest BCUT2D eigenvalue weighted by Gasteiger charge is 2.44. The highest BCUT2D eigenvalue weighted by molar-refractivity contribution is 7.90. The number of carboxylic acid groups (broad SMARTS) is 1. The summed E-state index contributed by atoms with van der Waals surface area (Å²) in [5.74, 6) is -0.872. The summed E-state index contributed by atoms with van der Waals surface area (Å²) in [5, 5.41) is 8.90. The Morgan fingerprint density at radius 3 is 2.31 bits per heavy atom. The molecule has 2 N–H and O–H groups in total. The first-order chi connectivity index (χ1) is 7.46. The van der Waals surface area contributed by atoms with Gasteiger partial charge in [0.2, 0.25) is 10.0 Å². The first-order valence-corrected chi connectivity index (χ1v) is 7.23. The summed E-state index contributed by atoms with van der Waals surface area (Å²) >= 11 is 0. The summed E-state index contributed by atoms with van der Waals surface area (Å²) in [6.07, 6.45) is 4.31. The van der Waals surface area contributed by atoms with Gasteiger partial charge in [0.1, 0.15) is 0 Å². The Morgan fingerprint density at radius 2 is 1.88 bits per heavy atom. The summed E-state index contributed by atoms with van der Waals surface area (Å²) < 4.78 is 25.7. The number of hydrogen-bond acceptors (Lipinski definition) is 3. The van der Waals surface area contributed by atoms with Gasteiger partial charge in [-0.25, -0.2) is 13.1 Å². The van der Waals surface area contributed by atoms with Crippen molar-refractivity contribution in [1.82, 2.24) is 4.72 Å². The van der Waals surface area contributed by atoms with E-state index in [-0.39, 0.29) is 11.8 Å². The predicted molar refractivity (Wildman–Crippen MR) is 58.5 cm³/mol. The average molecular weight is 247 g/mol. The van der Waals surface area contributed by atoms with E-state index in [9.17, 15) is 18.3 Å². The Bertz CT molecular complexity index is 380. The van der Waals surface area contributed by atoms with E-state index < -0.39 is 21.4 Å². The van der Waals surface area contributed by atoms with Crippen LogP contribution in [0.15, 0.2) is 0 Å². The summed E-state index contributed by atoms with van der Waals surface area (Å²) in [4.78, 5) is 11.2. The maximum Gasteiger partial charge on any atom is 0.310 e. The molecule has 0 aromatic rings. The summed E-state index contributed by atoms with van der Waals surface area (Å²) in [6.45, 7) is 0.0567. The molecular weight excluding hydrogens is 230 g/mol. The number of aliphatic carboxylic acids is 1. The van der Waals surface area contributed by atoms with E-state index in [0.717, 1.165) is 12.8 Å². The second kappa shape index (κ2) is 4.00. The molecule has 0 aromatic carbocycles. The van der Waals surface area contributed by atoms with Crippen LogP contribution in [0.5, 0.6) is 0 Å². The van der Waals surface area contributed by atoms with E-state index in [1.165, 1.54) is 0 Å². The summed E-state index contributed by atoms with van der Waals surface area (Å²) in [7, 11) is -3.26. The third kappa shape index (κ3) is 2.22. The zero-order valence-corrected chi connectivity index (χ0v) is 9.92. The molecule has 0 aromatic heterocycles. The molecular formula is C10H17NO4S. The van der Waals surface area contributed by atoms with Crippen molar-refractivity contribution < 1.29 is 18.3 Å². The Balaban J connectivity index is 1.99. The first kappa shape index (κ1) is 11.9. The van der Waals surface area contributed by atoms with Crippen molar-refractivity contribution in [2.45, 2.75) is 43.8 Å². The van der Waals surface area contributed by atoms with Crippen molar-refractivity contribution in [3.05, 3.63) is 0 Å². The van der Waals surface area contributed by atoms with Crippen LogP contribution in [0.3, 0.4) is 0 Å². The normalized spacial score (nSPS) is 24.5. The van der Waals surface area contributed by atoms with Gasteiger partial charge in [-0.15, -0.1) is 0 Å². The van der Waals surface area contributed by atoms with Crippen LogP contribution in [-0.4, -0.2) is 31.3 Å². The van der Waals surface area contributed by atoms with Crippen LogP contribution in [0.1, 0.15) is 38.5 Å². The van der Waals surface area contributed by atoms with E-state index >= 15 is 0 Å².